The molecule has 0 saturated heterocycles. The van der Waals surface area contributed by atoms with E-state index in [0.717, 1.165) is 10.2 Å². The molecule has 8 heteroatoms. The van der Waals surface area contributed by atoms with Crippen molar-refractivity contribution in [2.45, 2.75) is 20.4 Å². The number of nitrogens with zero attached hydrogens (tertiary/aromatic N) is 2. The van der Waals surface area contributed by atoms with E-state index in [0.29, 0.717) is 17.0 Å². The zero-order chi connectivity index (χ0) is 14.9. The summed E-state index contributed by atoms with van der Waals surface area (Å²) in [4.78, 5) is 27.1. The molecule has 7 nitrogen and oxygen atoms in total. The molecule has 0 aliphatic carbocycles. The van der Waals surface area contributed by atoms with Crippen molar-refractivity contribution in [3.8, 4) is 0 Å². The first-order chi connectivity index (χ1) is 9.43. The van der Waals surface area contributed by atoms with Crippen LogP contribution in [0.4, 0.5) is 0 Å². The van der Waals surface area contributed by atoms with Crippen molar-refractivity contribution in [2.24, 2.45) is 5.84 Å². The highest BCUT2D eigenvalue weighted by atomic mass is 79.9. The van der Waals surface area contributed by atoms with Crippen LogP contribution in [0, 0.1) is 13.8 Å². The summed E-state index contributed by atoms with van der Waals surface area (Å²) >= 11 is 3.38. The molecule has 0 aliphatic rings. The van der Waals surface area contributed by atoms with E-state index in [1.54, 1.807) is 13.8 Å². The maximum atomic E-state index is 11.9. The predicted molar refractivity (Wildman–Crippen MR) is 75.1 cm³/mol. The van der Waals surface area contributed by atoms with Gasteiger partial charge in [-0.05, 0) is 35.8 Å². The number of nitrogen functional groups attached to an aromatic ring is 1. The first-order valence-electron chi connectivity index (χ1n) is 5.76. The van der Waals surface area contributed by atoms with Gasteiger partial charge in [-0.1, -0.05) is 0 Å². The van der Waals surface area contributed by atoms with Crippen molar-refractivity contribution < 1.29 is 9.21 Å². The van der Waals surface area contributed by atoms with Crippen molar-refractivity contribution in [3.63, 3.8) is 0 Å². The van der Waals surface area contributed by atoms with Gasteiger partial charge in [0.2, 0.25) is 0 Å². The number of hydrogen-bond acceptors (Lipinski definition) is 5. The van der Waals surface area contributed by atoms with E-state index in [-0.39, 0.29) is 12.2 Å². The summed E-state index contributed by atoms with van der Waals surface area (Å²) in [5, 5.41) is 0. The van der Waals surface area contributed by atoms with Crippen molar-refractivity contribution in [1.82, 2.24) is 15.0 Å². The summed E-state index contributed by atoms with van der Waals surface area (Å²) in [6, 6.07) is 1.53. The number of furan rings is 1. The second-order valence-electron chi connectivity index (χ2n) is 4.24. The fraction of sp³-hybridized carbons (Fsp3) is 0.250. The first kappa shape index (κ1) is 14.5. The Balaban J connectivity index is 2.36. The van der Waals surface area contributed by atoms with E-state index in [1.165, 1.54) is 16.9 Å². The number of hydrazine groups is 1. The Morgan fingerprint density at radius 1 is 1.55 bits per heavy atom. The van der Waals surface area contributed by atoms with Gasteiger partial charge in [-0.2, -0.15) is 4.98 Å². The maximum absolute atomic E-state index is 11.9. The lowest BCUT2D eigenvalue weighted by atomic mass is 10.3. The number of carbonyl (C=O) groups is 1. The molecule has 0 aromatic carbocycles. The number of amides is 1. The van der Waals surface area contributed by atoms with Gasteiger partial charge < -0.3 is 4.42 Å². The summed E-state index contributed by atoms with van der Waals surface area (Å²) in [5.74, 6) is 5.05. The van der Waals surface area contributed by atoms with Gasteiger partial charge in [0.05, 0.1) is 22.3 Å². The molecule has 0 spiro atoms. The average molecular weight is 341 g/mol. The van der Waals surface area contributed by atoms with Gasteiger partial charge in [0.15, 0.2) is 0 Å². The summed E-state index contributed by atoms with van der Waals surface area (Å²) in [6.45, 7) is 3.74. The summed E-state index contributed by atoms with van der Waals surface area (Å²) in [6.07, 6.45) is 1.29. The largest absolute Gasteiger partial charge is 0.467 e. The molecule has 20 heavy (non-hydrogen) atoms. The standard InChI is InChI=1S/C12H13BrN4O3/c1-6-10(13)7(2)17(12(19)15-6)4-9-3-8(5-20-9)11(18)16-14/h3,5H,4,14H2,1-2H3,(H,16,18). The molecule has 0 aliphatic heterocycles. The van der Waals surface area contributed by atoms with Crippen LogP contribution in [0.1, 0.15) is 27.5 Å². The molecule has 2 aromatic rings. The van der Waals surface area contributed by atoms with E-state index in [2.05, 4.69) is 20.9 Å². The number of rotatable bonds is 3. The van der Waals surface area contributed by atoms with Gasteiger partial charge in [-0.3, -0.25) is 14.8 Å². The highest BCUT2D eigenvalue weighted by Gasteiger charge is 2.13. The number of halogens is 1. The van der Waals surface area contributed by atoms with Crippen LogP contribution in [-0.4, -0.2) is 15.5 Å². The maximum Gasteiger partial charge on any atom is 0.348 e. The van der Waals surface area contributed by atoms with Gasteiger partial charge in [-0.15, -0.1) is 0 Å². The van der Waals surface area contributed by atoms with Crippen LogP contribution in [0.2, 0.25) is 0 Å². The Hall–Kier alpha value is -1.93. The Labute approximate surface area is 122 Å². The lowest BCUT2D eigenvalue weighted by molar-refractivity contribution is 0.0953. The van der Waals surface area contributed by atoms with Crippen LogP contribution in [-0.2, 0) is 6.54 Å². The topological polar surface area (TPSA) is 103 Å². The Morgan fingerprint density at radius 2 is 2.25 bits per heavy atom. The van der Waals surface area contributed by atoms with Crippen LogP contribution in [0.15, 0.2) is 26.0 Å². The molecule has 2 heterocycles. The van der Waals surface area contributed by atoms with Crippen LogP contribution in [0.5, 0.6) is 0 Å². The lowest BCUT2D eigenvalue weighted by Gasteiger charge is -2.10. The number of carbonyl (C=O) groups excluding carboxylic acids is 1. The highest BCUT2D eigenvalue weighted by molar-refractivity contribution is 9.10. The Kier molecular flexibility index (Phi) is 4.05. The quantitative estimate of drug-likeness (QED) is 0.490. The second kappa shape index (κ2) is 5.59. The van der Waals surface area contributed by atoms with E-state index >= 15 is 0 Å². The molecule has 0 radical (unpaired) electrons. The molecule has 2 aromatic heterocycles. The third kappa shape index (κ3) is 2.66. The summed E-state index contributed by atoms with van der Waals surface area (Å²) in [7, 11) is 0. The van der Waals surface area contributed by atoms with Crippen LogP contribution in [0.25, 0.3) is 0 Å². The zero-order valence-electron chi connectivity index (χ0n) is 10.9. The van der Waals surface area contributed by atoms with Crippen LogP contribution in [0.3, 0.4) is 0 Å². The smallest absolute Gasteiger partial charge is 0.348 e. The molecular formula is C12H13BrN4O3. The van der Waals surface area contributed by atoms with E-state index in [4.69, 9.17) is 10.3 Å². The minimum absolute atomic E-state index is 0.189. The van der Waals surface area contributed by atoms with Crippen molar-refractivity contribution in [2.75, 3.05) is 0 Å². The van der Waals surface area contributed by atoms with Crippen molar-refractivity contribution in [1.29, 1.82) is 0 Å². The van der Waals surface area contributed by atoms with E-state index < -0.39 is 5.91 Å². The van der Waals surface area contributed by atoms with Crippen molar-refractivity contribution in [3.05, 3.63) is 50.0 Å². The minimum Gasteiger partial charge on any atom is -0.467 e. The van der Waals surface area contributed by atoms with Crippen LogP contribution >= 0.6 is 15.9 Å². The van der Waals surface area contributed by atoms with Crippen molar-refractivity contribution >= 4 is 21.8 Å². The zero-order valence-corrected chi connectivity index (χ0v) is 12.5. The van der Waals surface area contributed by atoms with E-state index in [1.807, 2.05) is 5.43 Å². The predicted octanol–water partition coefficient (Wildman–Crippen LogP) is 0.867. The highest BCUT2D eigenvalue weighted by Crippen LogP contribution is 2.18. The normalized spacial score (nSPS) is 10.6. The molecule has 0 fully saturated rings. The Bertz CT molecular complexity index is 720. The molecule has 0 bridgehead atoms. The molecule has 3 N–H and O–H groups in total. The number of hydrogen-bond donors (Lipinski definition) is 2. The van der Waals surface area contributed by atoms with Crippen LogP contribution < -0.4 is 17.0 Å². The SMILES string of the molecule is Cc1nc(=O)n(Cc2cc(C(=O)NN)co2)c(C)c1Br. The molecule has 0 unspecified atom stereocenters. The molecule has 1 amide bonds. The minimum atomic E-state index is -0.452. The lowest BCUT2D eigenvalue weighted by Crippen LogP contribution is -2.29. The molecule has 2 rings (SSSR count). The van der Waals surface area contributed by atoms with Gasteiger partial charge in [-0.25, -0.2) is 10.6 Å². The van der Waals surface area contributed by atoms with Gasteiger partial charge in [0.1, 0.15) is 12.0 Å². The number of aryl methyl sites for hydroxylation is 1. The average Bonchev–Trinajstić information content (AvgIpc) is 2.89. The van der Waals surface area contributed by atoms with E-state index in [9.17, 15) is 9.59 Å². The third-order valence-electron chi connectivity index (χ3n) is 2.90. The van der Waals surface area contributed by atoms with Gasteiger partial charge in [0, 0.05) is 5.69 Å². The van der Waals surface area contributed by atoms with Gasteiger partial charge in [0.25, 0.3) is 5.91 Å². The third-order valence-corrected chi connectivity index (χ3v) is 4.04. The molecule has 106 valence electrons. The molecule has 0 saturated carbocycles. The number of nitrogens with one attached hydrogen (secondary N) is 1. The number of aromatic nitrogens is 2. The molecule has 0 atom stereocenters. The Morgan fingerprint density at radius 3 is 2.90 bits per heavy atom. The first-order valence-corrected chi connectivity index (χ1v) is 6.55. The molecular weight excluding hydrogens is 328 g/mol. The number of nitrogens with two attached hydrogens (primary N) is 1. The van der Waals surface area contributed by atoms with Gasteiger partial charge >= 0.3 is 5.69 Å². The summed E-state index contributed by atoms with van der Waals surface area (Å²) < 4.78 is 7.48. The summed E-state index contributed by atoms with van der Waals surface area (Å²) in [5.41, 5.74) is 3.31. The monoisotopic (exact) mass is 340 g/mol. The fourth-order valence-corrected chi connectivity index (χ4v) is 2.09. The fourth-order valence-electron chi connectivity index (χ4n) is 1.78. The second-order valence-corrected chi connectivity index (χ2v) is 5.03.